The van der Waals surface area contributed by atoms with E-state index >= 15 is 0 Å². The molecular formula is C20H24N2O3. The van der Waals surface area contributed by atoms with Crippen LogP contribution in [0.5, 0.6) is 11.5 Å². The summed E-state index contributed by atoms with van der Waals surface area (Å²) in [4.78, 5) is 14.1. The zero-order chi connectivity index (χ0) is 17.5. The Labute approximate surface area is 148 Å². The molecule has 3 rings (SSSR count). The monoisotopic (exact) mass is 340 g/mol. The predicted octanol–water partition coefficient (Wildman–Crippen LogP) is 3.23. The highest BCUT2D eigenvalue weighted by Crippen LogP contribution is 2.19. The van der Waals surface area contributed by atoms with E-state index in [2.05, 4.69) is 17.4 Å². The molecule has 0 bridgehead atoms. The fourth-order valence-electron chi connectivity index (χ4n) is 2.93. The minimum atomic E-state index is -0.0406. The summed E-state index contributed by atoms with van der Waals surface area (Å²) >= 11 is 0. The highest BCUT2D eigenvalue weighted by molar-refractivity contribution is 5.74. The Morgan fingerprint density at radius 1 is 1.08 bits per heavy atom. The first-order valence-electron chi connectivity index (χ1n) is 8.71. The molecule has 2 aromatic rings. The summed E-state index contributed by atoms with van der Waals surface area (Å²) < 4.78 is 11.1. The Morgan fingerprint density at radius 3 is 2.64 bits per heavy atom. The third-order valence-electron chi connectivity index (χ3n) is 4.18. The fraction of sp³-hybridized carbons (Fsp3) is 0.350. The maximum atomic E-state index is 12.3. The summed E-state index contributed by atoms with van der Waals surface area (Å²) in [5, 5.41) is 2.92. The van der Waals surface area contributed by atoms with Gasteiger partial charge in [0.2, 0.25) is 0 Å². The number of nitrogens with zero attached hydrogens (tertiary/aromatic N) is 1. The van der Waals surface area contributed by atoms with Crippen LogP contribution in [0.2, 0.25) is 0 Å². The standard InChI is InChI=1S/C20H24N2O3/c1-2-24-18-8-5-9-19(14-18)25-13-11-21-20(23)22-12-10-16-6-3-4-7-17(16)15-22/h3-9,14H,2,10-13,15H2,1H3,(H,21,23). The molecule has 0 saturated heterocycles. The number of ether oxygens (including phenoxy) is 2. The molecular weight excluding hydrogens is 316 g/mol. The van der Waals surface area contributed by atoms with Crippen LogP contribution in [0.1, 0.15) is 18.1 Å². The highest BCUT2D eigenvalue weighted by atomic mass is 16.5. The maximum Gasteiger partial charge on any atom is 0.317 e. The summed E-state index contributed by atoms with van der Waals surface area (Å²) in [6, 6.07) is 15.8. The zero-order valence-electron chi connectivity index (χ0n) is 14.5. The van der Waals surface area contributed by atoms with E-state index in [4.69, 9.17) is 9.47 Å². The number of amides is 2. The number of carbonyl (C=O) groups excluding carboxylic acids is 1. The molecule has 0 fully saturated rings. The highest BCUT2D eigenvalue weighted by Gasteiger charge is 2.19. The normalized spacial score (nSPS) is 13.1. The molecule has 0 aliphatic carbocycles. The molecule has 5 heteroatoms. The second-order valence-electron chi connectivity index (χ2n) is 5.93. The smallest absolute Gasteiger partial charge is 0.317 e. The number of carbonyl (C=O) groups is 1. The van der Waals surface area contributed by atoms with Crippen molar-refractivity contribution in [3.63, 3.8) is 0 Å². The van der Waals surface area contributed by atoms with Crippen molar-refractivity contribution in [2.45, 2.75) is 19.9 Å². The van der Waals surface area contributed by atoms with Gasteiger partial charge in [-0.25, -0.2) is 4.79 Å². The zero-order valence-corrected chi connectivity index (χ0v) is 14.5. The Kier molecular flexibility index (Phi) is 5.77. The summed E-state index contributed by atoms with van der Waals surface area (Å²) in [5.74, 6) is 1.53. The van der Waals surface area contributed by atoms with Gasteiger partial charge in [0.05, 0.1) is 13.2 Å². The molecule has 0 atom stereocenters. The Bertz CT molecular complexity index is 718. The summed E-state index contributed by atoms with van der Waals surface area (Å²) in [7, 11) is 0. The number of urea groups is 1. The minimum Gasteiger partial charge on any atom is -0.494 e. The predicted molar refractivity (Wildman–Crippen MR) is 97.1 cm³/mol. The lowest BCUT2D eigenvalue weighted by molar-refractivity contribution is 0.189. The Balaban J connectivity index is 1.42. The fourth-order valence-corrected chi connectivity index (χ4v) is 2.93. The van der Waals surface area contributed by atoms with E-state index in [9.17, 15) is 4.79 Å². The van der Waals surface area contributed by atoms with Crippen molar-refractivity contribution in [2.75, 3.05) is 26.3 Å². The third kappa shape index (κ3) is 4.66. The molecule has 1 heterocycles. The molecule has 0 saturated carbocycles. The van der Waals surface area contributed by atoms with Crippen molar-refractivity contribution in [3.05, 3.63) is 59.7 Å². The molecule has 0 radical (unpaired) electrons. The SMILES string of the molecule is CCOc1cccc(OCCNC(=O)N2CCc3ccccc3C2)c1. The number of nitrogens with one attached hydrogen (secondary N) is 1. The molecule has 2 amide bonds. The number of fused-ring (bicyclic) bond motifs is 1. The third-order valence-corrected chi connectivity index (χ3v) is 4.18. The van der Waals surface area contributed by atoms with Gasteiger partial charge < -0.3 is 19.7 Å². The second kappa shape index (κ2) is 8.42. The molecule has 0 aromatic heterocycles. The van der Waals surface area contributed by atoms with Gasteiger partial charge in [0.15, 0.2) is 0 Å². The minimum absolute atomic E-state index is 0.0406. The van der Waals surface area contributed by atoms with E-state index in [1.54, 1.807) is 0 Å². The first kappa shape index (κ1) is 17.1. The van der Waals surface area contributed by atoms with Gasteiger partial charge in [-0.05, 0) is 36.6 Å². The van der Waals surface area contributed by atoms with Crippen molar-refractivity contribution >= 4 is 6.03 Å². The van der Waals surface area contributed by atoms with Crippen LogP contribution in [-0.2, 0) is 13.0 Å². The van der Waals surface area contributed by atoms with Crippen LogP contribution >= 0.6 is 0 Å². The van der Waals surface area contributed by atoms with Crippen LogP contribution < -0.4 is 14.8 Å². The van der Waals surface area contributed by atoms with E-state index in [1.165, 1.54) is 11.1 Å². The summed E-state index contributed by atoms with van der Waals surface area (Å²) in [6.45, 7) is 4.88. The van der Waals surface area contributed by atoms with Crippen LogP contribution in [0.25, 0.3) is 0 Å². The molecule has 2 aromatic carbocycles. The molecule has 1 aliphatic rings. The lowest BCUT2D eigenvalue weighted by Crippen LogP contribution is -2.43. The van der Waals surface area contributed by atoms with E-state index in [0.717, 1.165) is 24.5 Å². The van der Waals surface area contributed by atoms with Crippen molar-refractivity contribution in [1.29, 1.82) is 0 Å². The average molecular weight is 340 g/mol. The molecule has 0 spiro atoms. The summed E-state index contributed by atoms with van der Waals surface area (Å²) in [5.41, 5.74) is 2.57. The maximum absolute atomic E-state index is 12.3. The van der Waals surface area contributed by atoms with Crippen LogP contribution in [-0.4, -0.2) is 37.2 Å². The van der Waals surface area contributed by atoms with Crippen LogP contribution in [0, 0.1) is 0 Å². The molecule has 0 unspecified atom stereocenters. The number of benzene rings is 2. The molecule has 1 N–H and O–H groups in total. The van der Waals surface area contributed by atoms with Gasteiger partial charge in [0, 0.05) is 19.2 Å². The number of hydrogen-bond donors (Lipinski definition) is 1. The molecule has 25 heavy (non-hydrogen) atoms. The van der Waals surface area contributed by atoms with Gasteiger partial charge >= 0.3 is 6.03 Å². The van der Waals surface area contributed by atoms with Gasteiger partial charge in [-0.15, -0.1) is 0 Å². The lowest BCUT2D eigenvalue weighted by atomic mass is 10.0. The van der Waals surface area contributed by atoms with Crippen molar-refractivity contribution in [2.24, 2.45) is 0 Å². The van der Waals surface area contributed by atoms with Crippen LogP contribution in [0.4, 0.5) is 4.79 Å². The van der Waals surface area contributed by atoms with E-state index in [0.29, 0.717) is 26.3 Å². The number of rotatable bonds is 6. The van der Waals surface area contributed by atoms with E-state index < -0.39 is 0 Å². The van der Waals surface area contributed by atoms with Gasteiger partial charge in [-0.3, -0.25) is 0 Å². The average Bonchev–Trinajstić information content (AvgIpc) is 2.65. The first-order valence-corrected chi connectivity index (χ1v) is 8.71. The van der Waals surface area contributed by atoms with Gasteiger partial charge in [-0.1, -0.05) is 30.3 Å². The topological polar surface area (TPSA) is 50.8 Å². The second-order valence-corrected chi connectivity index (χ2v) is 5.93. The lowest BCUT2D eigenvalue weighted by Gasteiger charge is -2.28. The van der Waals surface area contributed by atoms with Gasteiger partial charge in [0.25, 0.3) is 0 Å². The first-order chi connectivity index (χ1) is 12.3. The van der Waals surface area contributed by atoms with Crippen LogP contribution in [0.3, 0.4) is 0 Å². The quantitative estimate of drug-likeness (QED) is 0.822. The molecule has 132 valence electrons. The van der Waals surface area contributed by atoms with E-state index in [1.807, 2.05) is 48.2 Å². The van der Waals surface area contributed by atoms with Gasteiger partial charge in [0.1, 0.15) is 18.1 Å². The van der Waals surface area contributed by atoms with E-state index in [-0.39, 0.29) is 6.03 Å². The van der Waals surface area contributed by atoms with Crippen molar-refractivity contribution < 1.29 is 14.3 Å². The Hall–Kier alpha value is -2.69. The molecule has 1 aliphatic heterocycles. The van der Waals surface area contributed by atoms with Crippen LogP contribution in [0.15, 0.2) is 48.5 Å². The molecule has 5 nitrogen and oxygen atoms in total. The Morgan fingerprint density at radius 2 is 1.84 bits per heavy atom. The number of hydrogen-bond acceptors (Lipinski definition) is 3. The van der Waals surface area contributed by atoms with Crippen molar-refractivity contribution in [1.82, 2.24) is 10.2 Å². The largest absolute Gasteiger partial charge is 0.494 e. The summed E-state index contributed by atoms with van der Waals surface area (Å²) in [6.07, 6.45) is 0.907. The van der Waals surface area contributed by atoms with Gasteiger partial charge in [-0.2, -0.15) is 0 Å². The van der Waals surface area contributed by atoms with Crippen molar-refractivity contribution in [3.8, 4) is 11.5 Å².